The van der Waals surface area contributed by atoms with E-state index in [2.05, 4.69) is 0 Å². The summed E-state index contributed by atoms with van der Waals surface area (Å²) in [5, 5.41) is 10.6. The highest BCUT2D eigenvalue weighted by molar-refractivity contribution is 5.75. The van der Waals surface area contributed by atoms with Crippen LogP contribution in [-0.4, -0.2) is 17.4 Å². The Balaban J connectivity index is 2.46. The number of carbonyl (C=O) groups is 1. The quantitative estimate of drug-likeness (QED) is 0.259. The number of nitro groups is 1. The van der Waals surface area contributed by atoms with Gasteiger partial charge in [0.05, 0.1) is 11.5 Å². The highest BCUT2D eigenvalue weighted by Gasteiger charge is 2.10. The van der Waals surface area contributed by atoms with Gasteiger partial charge in [0.15, 0.2) is 0 Å². The summed E-state index contributed by atoms with van der Waals surface area (Å²) in [6, 6.07) is 4.53. The molecule has 0 bridgehead atoms. The van der Waals surface area contributed by atoms with E-state index in [-0.39, 0.29) is 18.0 Å². The van der Waals surface area contributed by atoms with Gasteiger partial charge in [-0.05, 0) is 25.5 Å². The lowest BCUT2D eigenvalue weighted by Gasteiger charge is -2.06. The van der Waals surface area contributed by atoms with Crippen LogP contribution in [-0.2, 0) is 4.79 Å². The number of amides is 1. The van der Waals surface area contributed by atoms with E-state index in [1.54, 1.807) is 13.0 Å². The molecule has 0 radical (unpaired) electrons. The third kappa shape index (κ3) is 4.02. The van der Waals surface area contributed by atoms with Crippen LogP contribution in [0.2, 0.25) is 0 Å². The Morgan fingerprint density at radius 2 is 2.28 bits per heavy atom. The number of nitrogens with two attached hydrogens (primary N) is 1. The van der Waals surface area contributed by atoms with E-state index < -0.39 is 4.92 Å². The zero-order valence-corrected chi connectivity index (χ0v) is 10.0. The molecule has 98 valence electrons. The zero-order chi connectivity index (χ0) is 13.5. The number of carbonyl (C=O) groups excluding carboxylic acids is 1. The van der Waals surface area contributed by atoms with Gasteiger partial charge >= 0.3 is 0 Å². The monoisotopic (exact) mass is 253 g/mol. The fourth-order valence-corrected chi connectivity index (χ4v) is 1.42. The van der Waals surface area contributed by atoms with Crippen molar-refractivity contribution in [2.24, 2.45) is 5.84 Å². The van der Waals surface area contributed by atoms with Crippen molar-refractivity contribution in [3.05, 3.63) is 33.9 Å². The minimum Gasteiger partial charge on any atom is -0.494 e. The molecule has 3 N–H and O–H groups in total. The summed E-state index contributed by atoms with van der Waals surface area (Å²) in [5.74, 6) is 5.22. The van der Waals surface area contributed by atoms with Crippen molar-refractivity contribution in [2.45, 2.75) is 19.8 Å². The van der Waals surface area contributed by atoms with Crippen LogP contribution in [0.4, 0.5) is 5.69 Å². The first kappa shape index (κ1) is 13.9. The highest BCUT2D eigenvalue weighted by atomic mass is 16.6. The van der Waals surface area contributed by atoms with E-state index in [0.717, 1.165) is 0 Å². The molecule has 18 heavy (non-hydrogen) atoms. The van der Waals surface area contributed by atoms with E-state index >= 15 is 0 Å². The molecule has 0 saturated heterocycles. The maximum atomic E-state index is 10.8. The summed E-state index contributed by atoms with van der Waals surface area (Å²) in [5.41, 5.74) is 2.62. The molecule has 0 unspecified atom stereocenters. The van der Waals surface area contributed by atoms with Crippen LogP contribution in [0.25, 0.3) is 0 Å². The molecule has 0 heterocycles. The van der Waals surface area contributed by atoms with E-state index in [9.17, 15) is 14.9 Å². The van der Waals surface area contributed by atoms with Crippen molar-refractivity contribution in [1.29, 1.82) is 0 Å². The fraction of sp³-hybridized carbons (Fsp3) is 0.364. The summed E-state index contributed by atoms with van der Waals surface area (Å²) in [7, 11) is 0. The molecule has 0 aliphatic heterocycles. The summed E-state index contributed by atoms with van der Waals surface area (Å²) in [6.45, 7) is 2.00. The van der Waals surface area contributed by atoms with Crippen LogP contribution < -0.4 is 16.0 Å². The summed E-state index contributed by atoms with van der Waals surface area (Å²) >= 11 is 0. The number of benzene rings is 1. The maximum Gasteiger partial charge on any atom is 0.272 e. The van der Waals surface area contributed by atoms with Gasteiger partial charge in [-0.15, -0.1) is 0 Å². The molecule has 0 aromatic heterocycles. The topological polar surface area (TPSA) is 107 Å². The van der Waals surface area contributed by atoms with Crippen LogP contribution in [0.15, 0.2) is 18.2 Å². The predicted octanol–water partition coefficient (Wildman–Crippen LogP) is 1.05. The van der Waals surface area contributed by atoms with Gasteiger partial charge in [0.1, 0.15) is 5.75 Å². The van der Waals surface area contributed by atoms with Crippen molar-refractivity contribution in [1.82, 2.24) is 5.43 Å². The third-order valence-electron chi connectivity index (χ3n) is 2.34. The number of hydrazine groups is 1. The van der Waals surface area contributed by atoms with Crippen LogP contribution in [0.1, 0.15) is 18.4 Å². The van der Waals surface area contributed by atoms with Crippen molar-refractivity contribution in [2.75, 3.05) is 6.61 Å². The number of hydrogen-bond acceptors (Lipinski definition) is 5. The predicted molar refractivity (Wildman–Crippen MR) is 64.9 cm³/mol. The Labute approximate surface area is 104 Å². The lowest BCUT2D eigenvalue weighted by Crippen LogP contribution is -2.29. The first-order valence-electron chi connectivity index (χ1n) is 5.42. The molecular formula is C11H15N3O4. The van der Waals surface area contributed by atoms with Crippen LogP contribution in [0.3, 0.4) is 0 Å². The van der Waals surface area contributed by atoms with Gasteiger partial charge in [-0.3, -0.25) is 20.3 Å². The van der Waals surface area contributed by atoms with Gasteiger partial charge in [0, 0.05) is 18.1 Å². The second-order valence-electron chi connectivity index (χ2n) is 3.72. The van der Waals surface area contributed by atoms with E-state index in [1.807, 2.05) is 5.43 Å². The molecule has 0 atom stereocenters. The van der Waals surface area contributed by atoms with Crippen LogP contribution >= 0.6 is 0 Å². The molecule has 0 fully saturated rings. The Morgan fingerprint density at radius 3 is 2.83 bits per heavy atom. The summed E-state index contributed by atoms with van der Waals surface area (Å²) < 4.78 is 5.37. The minimum absolute atomic E-state index is 0.0601. The van der Waals surface area contributed by atoms with Crippen molar-refractivity contribution >= 4 is 11.6 Å². The molecule has 0 aliphatic rings. The summed E-state index contributed by atoms with van der Waals surface area (Å²) in [6.07, 6.45) is 0.807. The number of hydrogen-bond donors (Lipinski definition) is 2. The fourth-order valence-electron chi connectivity index (χ4n) is 1.42. The Morgan fingerprint density at radius 1 is 1.56 bits per heavy atom. The molecule has 1 amide bonds. The second-order valence-corrected chi connectivity index (χ2v) is 3.72. The smallest absolute Gasteiger partial charge is 0.272 e. The van der Waals surface area contributed by atoms with Gasteiger partial charge < -0.3 is 4.74 Å². The lowest BCUT2D eigenvalue weighted by atomic mass is 10.2. The standard InChI is InChI=1S/C11H15N3O4/c1-8-7-9(4-5-10(8)14(16)17)18-6-2-3-11(15)13-12/h4-5,7H,2-3,6,12H2,1H3,(H,13,15). The first-order chi connectivity index (χ1) is 8.54. The molecule has 0 aliphatic carbocycles. The maximum absolute atomic E-state index is 10.8. The molecule has 1 aromatic rings. The number of ether oxygens (including phenoxy) is 1. The average molecular weight is 253 g/mol. The Bertz CT molecular complexity index is 448. The first-order valence-corrected chi connectivity index (χ1v) is 5.42. The second kappa shape index (κ2) is 6.55. The molecule has 0 spiro atoms. The van der Waals surface area contributed by atoms with Gasteiger partial charge in [-0.2, -0.15) is 0 Å². The van der Waals surface area contributed by atoms with E-state index in [4.69, 9.17) is 10.6 Å². The van der Waals surface area contributed by atoms with Crippen molar-refractivity contribution < 1.29 is 14.5 Å². The molecule has 1 aromatic carbocycles. The highest BCUT2D eigenvalue weighted by Crippen LogP contribution is 2.23. The van der Waals surface area contributed by atoms with Crippen LogP contribution in [0, 0.1) is 17.0 Å². The number of rotatable bonds is 6. The Hall–Kier alpha value is -2.15. The lowest BCUT2D eigenvalue weighted by molar-refractivity contribution is -0.385. The van der Waals surface area contributed by atoms with Gasteiger partial charge in [0.2, 0.25) is 5.91 Å². The Kier molecular flexibility index (Phi) is 5.06. The molecular weight excluding hydrogens is 238 g/mol. The summed E-state index contributed by atoms with van der Waals surface area (Å²) in [4.78, 5) is 21.0. The van der Waals surface area contributed by atoms with Gasteiger partial charge in [0.25, 0.3) is 5.69 Å². The van der Waals surface area contributed by atoms with E-state index in [0.29, 0.717) is 24.3 Å². The number of nitro benzene ring substituents is 1. The number of aryl methyl sites for hydroxylation is 1. The molecule has 7 heteroatoms. The van der Waals surface area contributed by atoms with Crippen molar-refractivity contribution in [3.63, 3.8) is 0 Å². The third-order valence-corrected chi connectivity index (χ3v) is 2.34. The zero-order valence-electron chi connectivity index (χ0n) is 10.0. The van der Waals surface area contributed by atoms with Crippen LogP contribution in [0.5, 0.6) is 5.75 Å². The van der Waals surface area contributed by atoms with E-state index in [1.165, 1.54) is 12.1 Å². The number of nitrogens with one attached hydrogen (secondary N) is 1. The number of nitrogens with zero attached hydrogens (tertiary/aromatic N) is 1. The SMILES string of the molecule is Cc1cc(OCCCC(=O)NN)ccc1[N+](=O)[O-]. The van der Waals surface area contributed by atoms with Crippen molar-refractivity contribution in [3.8, 4) is 5.75 Å². The largest absolute Gasteiger partial charge is 0.494 e. The normalized spacial score (nSPS) is 9.89. The van der Waals surface area contributed by atoms with Gasteiger partial charge in [-0.25, -0.2) is 5.84 Å². The molecule has 0 saturated carbocycles. The molecule has 1 rings (SSSR count). The average Bonchev–Trinajstić information content (AvgIpc) is 2.34. The van der Waals surface area contributed by atoms with Gasteiger partial charge in [-0.1, -0.05) is 0 Å². The minimum atomic E-state index is -0.440. The molecule has 7 nitrogen and oxygen atoms in total.